The molecule has 6 aromatic carbocycles. The van der Waals surface area contributed by atoms with Crippen molar-refractivity contribution in [3.05, 3.63) is 182 Å². The number of methoxy groups -OCH3 is 2. The second kappa shape index (κ2) is 14.0. The second-order valence-electron chi connectivity index (χ2n) is 11.2. The predicted molar refractivity (Wildman–Crippen MR) is 198 cm³/mol. The van der Waals surface area contributed by atoms with Crippen LogP contribution < -0.4 is 19.3 Å². The van der Waals surface area contributed by atoms with Gasteiger partial charge in [0.15, 0.2) is 0 Å². The first-order valence-electron chi connectivity index (χ1n) is 15.5. The number of benzene rings is 6. The van der Waals surface area contributed by atoms with Gasteiger partial charge in [-0.1, -0.05) is 92.0 Å². The molecule has 6 rings (SSSR count). The van der Waals surface area contributed by atoms with Crippen LogP contribution in [0.25, 0.3) is 22.5 Å². The van der Waals surface area contributed by atoms with Crippen LogP contribution in [-0.4, -0.2) is 14.2 Å². The molecule has 0 unspecified atom stereocenters. The van der Waals surface area contributed by atoms with Crippen LogP contribution in [-0.2, 0) is 0 Å². The average molecular weight is 615 g/mol. The molecule has 0 N–H and O–H groups in total. The van der Waals surface area contributed by atoms with Crippen molar-refractivity contribution in [1.29, 1.82) is 0 Å². The molecule has 0 fully saturated rings. The summed E-state index contributed by atoms with van der Waals surface area (Å²) in [6.45, 7) is 11.2. The van der Waals surface area contributed by atoms with E-state index < -0.39 is 0 Å². The van der Waals surface area contributed by atoms with Gasteiger partial charge in [0.1, 0.15) is 11.5 Å². The summed E-state index contributed by atoms with van der Waals surface area (Å²) >= 11 is 0. The van der Waals surface area contributed by atoms with Crippen LogP contribution in [0.1, 0.15) is 16.7 Å². The first-order chi connectivity index (χ1) is 23.0. The monoisotopic (exact) mass is 614 g/mol. The van der Waals surface area contributed by atoms with E-state index in [0.29, 0.717) is 0 Å². The van der Waals surface area contributed by atoms with E-state index in [0.717, 1.165) is 67.9 Å². The molecule has 0 spiro atoms. The van der Waals surface area contributed by atoms with Gasteiger partial charge in [-0.05, 0) is 108 Å². The van der Waals surface area contributed by atoms with Crippen LogP contribution in [0.5, 0.6) is 11.5 Å². The highest BCUT2D eigenvalue weighted by Crippen LogP contribution is 2.39. The highest BCUT2D eigenvalue weighted by atomic mass is 16.5. The summed E-state index contributed by atoms with van der Waals surface area (Å²) in [5.41, 5.74) is 11.3. The number of ether oxygens (including phenoxy) is 2. The summed E-state index contributed by atoms with van der Waals surface area (Å²) in [6.07, 6.45) is 0. The fourth-order valence-corrected chi connectivity index (χ4v) is 5.75. The lowest BCUT2D eigenvalue weighted by atomic mass is 9.98. The third-order valence-electron chi connectivity index (χ3n) is 8.33. The van der Waals surface area contributed by atoms with E-state index in [1.807, 2.05) is 60.7 Å². The maximum Gasteiger partial charge on any atom is 0.119 e. The molecule has 0 saturated heterocycles. The summed E-state index contributed by atoms with van der Waals surface area (Å²) in [6, 6.07) is 51.9. The van der Waals surface area contributed by atoms with Gasteiger partial charge >= 0.3 is 0 Å². The second-order valence-corrected chi connectivity index (χ2v) is 11.2. The molecule has 0 aromatic heterocycles. The summed E-state index contributed by atoms with van der Waals surface area (Å²) in [5.74, 6) is 1.63. The molecule has 0 aliphatic carbocycles. The zero-order valence-electron chi connectivity index (χ0n) is 27.1. The first-order valence-corrected chi connectivity index (χ1v) is 15.5. The van der Waals surface area contributed by atoms with Gasteiger partial charge in [0, 0.05) is 34.1 Å². The highest BCUT2D eigenvalue weighted by Gasteiger charge is 2.19. The molecule has 0 atom stereocenters. The van der Waals surface area contributed by atoms with Crippen LogP contribution in [0.2, 0.25) is 0 Å². The van der Waals surface area contributed by atoms with E-state index >= 15 is 0 Å². The molecule has 47 heavy (non-hydrogen) atoms. The molecule has 0 amide bonds. The molecule has 0 bridgehead atoms. The molecule has 4 nitrogen and oxygen atoms in total. The molecule has 0 aliphatic heterocycles. The van der Waals surface area contributed by atoms with Gasteiger partial charge in [0.25, 0.3) is 0 Å². The minimum Gasteiger partial charge on any atom is -0.497 e. The lowest BCUT2D eigenvalue weighted by Crippen LogP contribution is -2.19. The molecule has 232 valence electrons. The average Bonchev–Trinajstić information content (AvgIpc) is 3.14. The van der Waals surface area contributed by atoms with E-state index in [1.54, 1.807) is 14.2 Å². The number of hydrogen-bond donors (Lipinski definition) is 0. The minimum atomic E-state index is 0.813. The van der Waals surface area contributed by atoms with E-state index in [1.165, 1.54) is 5.56 Å². The van der Waals surface area contributed by atoms with Crippen LogP contribution in [0.3, 0.4) is 0 Å². The quantitative estimate of drug-likeness (QED) is 0.145. The number of hydrogen-bond acceptors (Lipinski definition) is 4. The topological polar surface area (TPSA) is 24.9 Å². The summed E-state index contributed by atoms with van der Waals surface area (Å²) < 4.78 is 10.8. The fraction of sp³-hybridized carbons (Fsp3) is 0.0698. The summed E-state index contributed by atoms with van der Waals surface area (Å²) in [5, 5.41) is 0. The van der Waals surface area contributed by atoms with Gasteiger partial charge in [-0.15, -0.1) is 0 Å². The number of aryl methyl sites for hydroxylation is 1. The maximum atomic E-state index is 5.42. The number of rotatable bonds is 11. The van der Waals surface area contributed by atoms with Crippen LogP contribution >= 0.6 is 0 Å². The van der Waals surface area contributed by atoms with Crippen molar-refractivity contribution in [2.24, 2.45) is 0 Å². The Morgan fingerprint density at radius 3 is 1.32 bits per heavy atom. The smallest absolute Gasteiger partial charge is 0.119 e. The largest absolute Gasteiger partial charge is 0.497 e. The SMILES string of the molecule is C=C(c1ccccc1)N(C(=C)c1ccccc1)c1ccc(C)c(-c2ccc(N(c3ccc(OC)cc3)c3ccc(OC)cc3)cc2)c1. The normalized spacial score (nSPS) is 10.6. The Morgan fingerprint density at radius 1 is 0.489 bits per heavy atom. The van der Waals surface area contributed by atoms with Gasteiger partial charge in [-0.25, -0.2) is 0 Å². The van der Waals surface area contributed by atoms with Crippen molar-refractivity contribution in [2.45, 2.75) is 6.92 Å². The van der Waals surface area contributed by atoms with Crippen LogP contribution in [0, 0.1) is 6.92 Å². The molecule has 0 heterocycles. The Balaban J connectivity index is 1.39. The van der Waals surface area contributed by atoms with E-state index in [-0.39, 0.29) is 0 Å². The van der Waals surface area contributed by atoms with Crippen LogP contribution in [0.15, 0.2) is 165 Å². The molecule has 0 radical (unpaired) electrons. The molecule has 0 aliphatic rings. The lowest BCUT2D eigenvalue weighted by Gasteiger charge is -2.30. The van der Waals surface area contributed by atoms with Gasteiger partial charge in [-0.3, -0.25) is 0 Å². The molecule has 6 aromatic rings. The van der Waals surface area contributed by atoms with Crippen molar-refractivity contribution in [3.8, 4) is 22.6 Å². The van der Waals surface area contributed by atoms with E-state index in [9.17, 15) is 0 Å². The summed E-state index contributed by atoms with van der Waals surface area (Å²) in [4.78, 5) is 4.37. The predicted octanol–water partition coefficient (Wildman–Crippen LogP) is 11.3. The maximum absolute atomic E-state index is 5.42. The Hall–Kier alpha value is -6.00. The third kappa shape index (κ3) is 6.68. The minimum absolute atomic E-state index is 0.813. The van der Waals surface area contributed by atoms with Crippen LogP contribution in [0.4, 0.5) is 22.7 Å². The molecular formula is C43H38N2O2. The van der Waals surface area contributed by atoms with E-state index in [4.69, 9.17) is 9.47 Å². The number of nitrogens with zero attached hydrogens (tertiary/aromatic N) is 2. The fourth-order valence-electron chi connectivity index (χ4n) is 5.75. The molecule has 0 saturated carbocycles. The first kappa shape index (κ1) is 31.0. The Morgan fingerprint density at radius 2 is 0.894 bits per heavy atom. The molecule has 4 heteroatoms. The third-order valence-corrected chi connectivity index (χ3v) is 8.33. The standard InChI is InChI=1S/C43H38N2O2/c1-31-16-19-40(44(32(2)34-12-8-6-9-13-34)33(3)35-14-10-7-11-15-35)30-43(31)36-17-20-37(21-18-36)45(38-22-26-41(46-4)27-23-38)39-24-28-42(47-5)29-25-39/h6-30H,2-3H2,1,4-5H3. The van der Waals surface area contributed by atoms with Crippen molar-refractivity contribution >= 4 is 34.1 Å². The Bertz CT molecular complexity index is 1870. The highest BCUT2D eigenvalue weighted by molar-refractivity contribution is 5.95. The zero-order valence-corrected chi connectivity index (χ0v) is 27.1. The lowest BCUT2D eigenvalue weighted by molar-refractivity contribution is 0.415. The van der Waals surface area contributed by atoms with Gasteiger partial charge in [0.2, 0.25) is 0 Å². The van der Waals surface area contributed by atoms with Crippen molar-refractivity contribution < 1.29 is 9.47 Å². The van der Waals surface area contributed by atoms with Gasteiger partial charge in [-0.2, -0.15) is 0 Å². The van der Waals surface area contributed by atoms with Crippen molar-refractivity contribution in [3.63, 3.8) is 0 Å². The summed E-state index contributed by atoms with van der Waals surface area (Å²) in [7, 11) is 3.36. The van der Waals surface area contributed by atoms with E-state index in [2.05, 4.69) is 121 Å². The molecular weight excluding hydrogens is 576 g/mol. The van der Waals surface area contributed by atoms with Crippen molar-refractivity contribution in [1.82, 2.24) is 0 Å². The van der Waals surface area contributed by atoms with Crippen molar-refractivity contribution in [2.75, 3.05) is 24.0 Å². The van der Waals surface area contributed by atoms with Gasteiger partial charge in [0.05, 0.1) is 14.2 Å². The zero-order chi connectivity index (χ0) is 32.8. The number of anilines is 4. The Labute approximate surface area is 278 Å². The Kier molecular flexibility index (Phi) is 9.21. The van der Waals surface area contributed by atoms with Gasteiger partial charge < -0.3 is 19.3 Å².